The quantitative estimate of drug-likeness (QED) is 0.807. The zero-order chi connectivity index (χ0) is 13.2. The molecule has 0 bridgehead atoms. The van der Waals surface area contributed by atoms with E-state index in [1.807, 2.05) is 20.8 Å². The Morgan fingerprint density at radius 2 is 1.88 bits per heavy atom. The van der Waals surface area contributed by atoms with Gasteiger partial charge in [0, 0.05) is 12.2 Å². The predicted octanol–water partition coefficient (Wildman–Crippen LogP) is 1.82. The number of aryl methyl sites for hydroxylation is 1. The fraction of sp³-hybridized carbons (Fsp3) is 0.500. The first-order chi connectivity index (χ1) is 7.75. The maximum Gasteiger partial charge on any atom is 0.240 e. The summed E-state index contributed by atoms with van der Waals surface area (Å²) in [5.74, 6) is 0.271. The summed E-state index contributed by atoms with van der Waals surface area (Å²) < 4.78 is 26.7. The van der Waals surface area contributed by atoms with Crippen LogP contribution in [0, 0.1) is 19.8 Å². The van der Waals surface area contributed by atoms with Gasteiger partial charge in [-0.3, -0.25) is 0 Å². The lowest BCUT2D eigenvalue weighted by Crippen LogP contribution is -2.28. The third-order valence-corrected chi connectivity index (χ3v) is 4.22. The Kier molecular flexibility index (Phi) is 4.16. The van der Waals surface area contributed by atoms with Crippen LogP contribution in [0.5, 0.6) is 0 Å². The van der Waals surface area contributed by atoms with Gasteiger partial charge in [0.2, 0.25) is 10.0 Å². The van der Waals surface area contributed by atoms with Crippen LogP contribution in [0.2, 0.25) is 0 Å². The molecule has 0 aliphatic rings. The van der Waals surface area contributed by atoms with Crippen LogP contribution in [0.25, 0.3) is 0 Å². The molecular weight excluding hydrogens is 236 g/mol. The van der Waals surface area contributed by atoms with Gasteiger partial charge >= 0.3 is 0 Å². The minimum atomic E-state index is -3.46. The Morgan fingerprint density at radius 3 is 2.41 bits per heavy atom. The molecule has 96 valence electrons. The molecule has 0 spiro atoms. The van der Waals surface area contributed by atoms with Crippen molar-refractivity contribution >= 4 is 15.7 Å². The van der Waals surface area contributed by atoms with Crippen molar-refractivity contribution in [2.45, 2.75) is 32.6 Å². The van der Waals surface area contributed by atoms with Gasteiger partial charge in [-0.15, -0.1) is 0 Å². The van der Waals surface area contributed by atoms with E-state index < -0.39 is 10.0 Å². The number of rotatable bonds is 4. The Hall–Kier alpha value is -1.07. The highest BCUT2D eigenvalue weighted by molar-refractivity contribution is 7.89. The lowest BCUT2D eigenvalue weighted by molar-refractivity contribution is 0.559. The van der Waals surface area contributed by atoms with Crippen LogP contribution in [0.3, 0.4) is 0 Å². The molecule has 1 aromatic carbocycles. The summed E-state index contributed by atoms with van der Waals surface area (Å²) >= 11 is 0. The molecule has 1 aromatic rings. The molecule has 0 heterocycles. The molecule has 0 atom stereocenters. The van der Waals surface area contributed by atoms with E-state index >= 15 is 0 Å². The van der Waals surface area contributed by atoms with Crippen molar-refractivity contribution in [3.8, 4) is 0 Å². The van der Waals surface area contributed by atoms with Crippen molar-refractivity contribution < 1.29 is 8.42 Å². The van der Waals surface area contributed by atoms with Crippen molar-refractivity contribution in [1.82, 2.24) is 4.72 Å². The molecule has 0 saturated heterocycles. The van der Waals surface area contributed by atoms with Gasteiger partial charge in [-0.1, -0.05) is 19.9 Å². The maximum atomic E-state index is 12.1. The molecule has 0 saturated carbocycles. The Bertz CT molecular complexity index is 507. The average Bonchev–Trinajstić information content (AvgIpc) is 2.23. The molecular formula is C12H20N2O2S. The number of nitrogen functional groups attached to an aromatic ring is 1. The first-order valence-electron chi connectivity index (χ1n) is 5.61. The van der Waals surface area contributed by atoms with Crippen molar-refractivity contribution in [3.63, 3.8) is 0 Å². The van der Waals surface area contributed by atoms with Crippen molar-refractivity contribution in [3.05, 3.63) is 23.3 Å². The van der Waals surface area contributed by atoms with Gasteiger partial charge in [0.25, 0.3) is 0 Å². The van der Waals surface area contributed by atoms with Gasteiger partial charge < -0.3 is 5.73 Å². The van der Waals surface area contributed by atoms with Crippen molar-refractivity contribution in [1.29, 1.82) is 0 Å². The number of nitrogens with two attached hydrogens (primary N) is 1. The molecule has 0 unspecified atom stereocenters. The maximum absolute atomic E-state index is 12.1. The van der Waals surface area contributed by atoms with Gasteiger partial charge in [0.15, 0.2) is 0 Å². The summed E-state index contributed by atoms with van der Waals surface area (Å²) in [4.78, 5) is 0.265. The normalized spacial score (nSPS) is 12.1. The van der Waals surface area contributed by atoms with Crippen LogP contribution in [0.15, 0.2) is 17.0 Å². The molecule has 0 fully saturated rings. The molecule has 3 N–H and O–H groups in total. The van der Waals surface area contributed by atoms with Crippen molar-refractivity contribution in [2.75, 3.05) is 12.3 Å². The van der Waals surface area contributed by atoms with Crippen LogP contribution in [-0.4, -0.2) is 15.0 Å². The minimum Gasteiger partial charge on any atom is -0.398 e. The van der Waals surface area contributed by atoms with E-state index in [1.54, 1.807) is 19.1 Å². The van der Waals surface area contributed by atoms with E-state index in [4.69, 9.17) is 5.73 Å². The summed E-state index contributed by atoms with van der Waals surface area (Å²) in [5, 5.41) is 0. The second-order valence-corrected chi connectivity index (χ2v) is 6.40. The van der Waals surface area contributed by atoms with Gasteiger partial charge in [-0.2, -0.15) is 0 Å². The topological polar surface area (TPSA) is 72.2 Å². The highest BCUT2D eigenvalue weighted by Gasteiger charge is 2.18. The smallest absolute Gasteiger partial charge is 0.240 e. The van der Waals surface area contributed by atoms with Crippen LogP contribution in [0.4, 0.5) is 5.69 Å². The predicted molar refractivity (Wildman–Crippen MR) is 70.4 cm³/mol. The SMILES string of the molecule is Cc1ccc(S(=O)(=O)NCC(C)C)c(C)c1N. The van der Waals surface area contributed by atoms with Crippen molar-refractivity contribution in [2.24, 2.45) is 5.92 Å². The summed E-state index contributed by atoms with van der Waals surface area (Å²) in [6.07, 6.45) is 0. The summed E-state index contributed by atoms with van der Waals surface area (Å²) in [6.45, 7) is 7.93. The molecule has 0 amide bonds. The molecule has 4 nitrogen and oxygen atoms in total. The Balaban J connectivity index is 3.12. The van der Waals surface area contributed by atoms with Gasteiger partial charge in [0.1, 0.15) is 0 Å². The minimum absolute atomic E-state index is 0.265. The Labute approximate surface area is 103 Å². The standard InChI is InChI=1S/C12H20N2O2S/c1-8(2)7-14-17(15,16)11-6-5-9(3)12(13)10(11)4/h5-6,8,14H,7,13H2,1-4H3. The molecule has 0 aliphatic heterocycles. The molecule has 0 aliphatic carbocycles. The molecule has 5 heteroatoms. The number of sulfonamides is 1. The van der Waals surface area contributed by atoms with Crippen LogP contribution in [0.1, 0.15) is 25.0 Å². The second kappa shape index (κ2) is 5.06. The fourth-order valence-electron chi connectivity index (χ4n) is 1.49. The highest BCUT2D eigenvalue weighted by Crippen LogP contribution is 2.23. The summed E-state index contributed by atoms with van der Waals surface area (Å²) in [6, 6.07) is 3.33. The van der Waals surface area contributed by atoms with E-state index in [1.165, 1.54) is 0 Å². The van der Waals surface area contributed by atoms with E-state index in [0.717, 1.165) is 5.56 Å². The monoisotopic (exact) mass is 256 g/mol. The van der Waals surface area contributed by atoms with Gasteiger partial charge in [-0.25, -0.2) is 13.1 Å². The molecule has 17 heavy (non-hydrogen) atoms. The lowest BCUT2D eigenvalue weighted by Gasteiger charge is -2.13. The van der Waals surface area contributed by atoms with Crippen LogP contribution >= 0.6 is 0 Å². The zero-order valence-corrected chi connectivity index (χ0v) is 11.6. The molecule has 0 aromatic heterocycles. The van der Waals surface area contributed by atoms with Gasteiger partial charge in [-0.05, 0) is 37.0 Å². The summed E-state index contributed by atoms with van der Waals surface area (Å²) in [5.41, 5.74) is 7.89. The highest BCUT2D eigenvalue weighted by atomic mass is 32.2. The second-order valence-electron chi connectivity index (χ2n) is 4.67. The van der Waals surface area contributed by atoms with E-state index in [-0.39, 0.29) is 10.8 Å². The van der Waals surface area contributed by atoms with Gasteiger partial charge in [0.05, 0.1) is 4.90 Å². The average molecular weight is 256 g/mol. The van der Waals surface area contributed by atoms with Crippen LogP contribution in [-0.2, 0) is 10.0 Å². The van der Waals surface area contributed by atoms with E-state index in [0.29, 0.717) is 17.8 Å². The van der Waals surface area contributed by atoms with E-state index in [2.05, 4.69) is 4.72 Å². The first kappa shape index (κ1) is 14.0. The lowest BCUT2D eigenvalue weighted by atomic mass is 10.1. The zero-order valence-electron chi connectivity index (χ0n) is 10.7. The number of hydrogen-bond acceptors (Lipinski definition) is 3. The summed E-state index contributed by atoms with van der Waals surface area (Å²) in [7, 11) is -3.46. The number of hydrogen-bond donors (Lipinski definition) is 2. The largest absolute Gasteiger partial charge is 0.398 e. The molecule has 0 radical (unpaired) electrons. The third-order valence-electron chi connectivity index (χ3n) is 2.65. The van der Waals surface area contributed by atoms with E-state index in [9.17, 15) is 8.42 Å². The molecule has 1 rings (SSSR count). The third kappa shape index (κ3) is 3.20. The Morgan fingerprint density at radius 1 is 1.29 bits per heavy atom. The first-order valence-corrected chi connectivity index (χ1v) is 7.09. The van der Waals surface area contributed by atoms with Crippen LogP contribution < -0.4 is 10.5 Å². The fourth-order valence-corrected chi connectivity index (χ4v) is 2.96. The number of anilines is 1. The number of benzene rings is 1. The number of nitrogens with one attached hydrogen (secondary N) is 1.